The number of aliphatic hydroxyl groups is 1. The first-order valence-corrected chi connectivity index (χ1v) is 6.95. The molecule has 0 aromatic heterocycles. The molecule has 0 aromatic carbocycles. The summed E-state index contributed by atoms with van der Waals surface area (Å²) in [6.45, 7) is 13.9. The number of aliphatic hydroxyl groups excluding tert-OH is 1. The first-order chi connectivity index (χ1) is 7.55. The van der Waals surface area contributed by atoms with E-state index < -0.39 is 0 Å². The zero-order valence-electron chi connectivity index (χ0n) is 12.7. The van der Waals surface area contributed by atoms with Crippen LogP contribution in [-0.2, 0) is 0 Å². The summed E-state index contributed by atoms with van der Waals surface area (Å²) in [5, 5.41) is 9.92. The molecule has 1 saturated carbocycles. The van der Waals surface area contributed by atoms with E-state index >= 15 is 0 Å². The largest absolute Gasteiger partial charge is 0.393 e. The average molecular weight is 241 g/mol. The lowest BCUT2D eigenvalue weighted by atomic mass is 9.70. The van der Waals surface area contributed by atoms with Crippen molar-refractivity contribution in [2.24, 2.45) is 10.8 Å². The van der Waals surface area contributed by atoms with E-state index in [-0.39, 0.29) is 11.5 Å². The van der Waals surface area contributed by atoms with E-state index in [1.54, 1.807) is 0 Å². The summed E-state index contributed by atoms with van der Waals surface area (Å²) >= 11 is 0. The SMILES string of the molecule is CC(N(C)C1CC(O)CCC1(C)C)C(C)(C)C. The molecule has 1 aliphatic rings. The highest BCUT2D eigenvalue weighted by atomic mass is 16.3. The van der Waals surface area contributed by atoms with Crippen molar-refractivity contribution in [2.45, 2.75) is 79.0 Å². The van der Waals surface area contributed by atoms with Crippen molar-refractivity contribution in [3.05, 3.63) is 0 Å². The molecule has 0 bridgehead atoms. The van der Waals surface area contributed by atoms with Gasteiger partial charge in [0.05, 0.1) is 6.10 Å². The molecule has 0 aliphatic heterocycles. The molecule has 0 spiro atoms. The highest BCUT2D eigenvalue weighted by molar-refractivity contribution is 4.94. The summed E-state index contributed by atoms with van der Waals surface area (Å²) in [6, 6.07) is 1.01. The van der Waals surface area contributed by atoms with E-state index in [0.29, 0.717) is 17.5 Å². The van der Waals surface area contributed by atoms with Crippen molar-refractivity contribution >= 4 is 0 Å². The quantitative estimate of drug-likeness (QED) is 0.802. The third-order valence-electron chi connectivity index (χ3n) is 4.88. The number of rotatable bonds is 2. The van der Waals surface area contributed by atoms with Gasteiger partial charge in [0.25, 0.3) is 0 Å². The molecule has 1 aliphatic carbocycles. The molecule has 3 atom stereocenters. The van der Waals surface area contributed by atoms with Gasteiger partial charge in [-0.3, -0.25) is 4.90 Å². The monoisotopic (exact) mass is 241 g/mol. The van der Waals surface area contributed by atoms with Gasteiger partial charge in [0, 0.05) is 12.1 Å². The van der Waals surface area contributed by atoms with Crippen LogP contribution in [0.15, 0.2) is 0 Å². The van der Waals surface area contributed by atoms with Crippen LogP contribution in [0.3, 0.4) is 0 Å². The summed E-state index contributed by atoms with van der Waals surface area (Å²) in [6.07, 6.45) is 2.90. The second kappa shape index (κ2) is 4.89. The van der Waals surface area contributed by atoms with Crippen LogP contribution in [0, 0.1) is 10.8 Å². The standard InChI is InChI=1S/C15H31NO/c1-11(14(2,3)4)16(7)13-10-12(17)8-9-15(13,5)6/h11-13,17H,8-10H2,1-7H3. The number of hydrogen-bond donors (Lipinski definition) is 1. The average Bonchev–Trinajstić information content (AvgIpc) is 2.18. The Bertz CT molecular complexity index is 254. The Morgan fingerprint density at radius 1 is 1.29 bits per heavy atom. The first-order valence-electron chi connectivity index (χ1n) is 6.95. The Labute approximate surface area is 107 Å². The van der Waals surface area contributed by atoms with Crippen LogP contribution >= 0.6 is 0 Å². The highest BCUT2D eigenvalue weighted by Gasteiger charge is 2.41. The van der Waals surface area contributed by atoms with Gasteiger partial charge in [-0.05, 0) is 44.1 Å². The van der Waals surface area contributed by atoms with Gasteiger partial charge in [-0.1, -0.05) is 34.6 Å². The second-order valence-electron chi connectivity index (χ2n) is 7.64. The molecule has 0 saturated heterocycles. The molecular weight excluding hydrogens is 210 g/mol. The molecule has 0 aromatic rings. The predicted molar refractivity (Wildman–Crippen MR) is 74.1 cm³/mol. The fraction of sp³-hybridized carbons (Fsp3) is 1.00. The summed E-state index contributed by atoms with van der Waals surface area (Å²) < 4.78 is 0. The molecule has 17 heavy (non-hydrogen) atoms. The molecule has 2 nitrogen and oxygen atoms in total. The molecule has 1 N–H and O–H groups in total. The lowest BCUT2D eigenvalue weighted by molar-refractivity contribution is -0.0330. The van der Waals surface area contributed by atoms with Gasteiger partial charge in [0.15, 0.2) is 0 Å². The molecule has 0 heterocycles. The van der Waals surface area contributed by atoms with E-state index in [0.717, 1.165) is 19.3 Å². The van der Waals surface area contributed by atoms with E-state index in [1.807, 2.05) is 0 Å². The van der Waals surface area contributed by atoms with E-state index in [9.17, 15) is 5.11 Å². The topological polar surface area (TPSA) is 23.5 Å². The maximum Gasteiger partial charge on any atom is 0.0555 e. The minimum Gasteiger partial charge on any atom is -0.393 e. The van der Waals surface area contributed by atoms with Crippen molar-refractivity contribution in [1.29, 1.82) is 0 Å². The summed E-state index contributed by atoms with van der Waals surface area (Å²) in [4.78, 5) is 2.49. The van der Waals surface area contributed by atoms with Crippen molar-refractivity contribution in [2.75, 3.05) is 7.05 Å². The fourth-order valence-corrected chi connectivity index (χ4v) is 3.00. The first kappa shape index (κ1) is 15.0. The third kappa shape index (κ3) is 3.45. The van der Waals surface area contributed by atoms with Crippen molar-refractivity contribution in [3.8, 4) is 0 Å². The number of hydrogen-bond acceptors (Lipinski definition) is 2. The predicted octanol–water partition coefficient (Wildman–Crippen LogP) is 3.29. The van der Waals surface area contributed by atoms with Crippen molar-refractivity contribution in [1.82, 2.24) is 4.90 Å². The molecule has 1 fully saturated rings. The second-order valence-corrected chi connectivity index (χ2v) is 7.64. The van der Waals surface area contributed by atoms with Gasteiger partial charge in [-0.2, -0.15) is 0 Å². The molecule has 2 heteroatoms. The smallest absolute Gasteiger partial charge is 0.0555 e. The Morgan fingerprint density at radius 3 is 2.29 bits per heavy atom. The van der Waals surface area contributed by atoms with Gasteiger partial charge < -0.3 is 5.11 Å². The van der Waals surface area contributed by atoms with Crippen molar-refractivity contribution in [3.63, 3.8) is 0 Å². The number of nitrogens with zero attached hydrogens (tertiary/aromatic N) is 1. The van der Waals surface area contributed by atoms with Crippen LogP contribution in [0.5, 0.6) is 0 Å². The van der Waals surface area contributed by atoms with Crippen LogP contribution in [0.4, 0.5) is 0 Å². The normalized spacial score (nSPS) is 31.6. The van der Waals surface area contributed by atoms with Gasteiger partial charge in [0.2, 0.25) is 0 Å². The highest BCUT2D eigenvalue weighted by Crippen LogP contribution is 2.40. The summed E-state index contributed by atoms with van der Waals surface area (Å²) in [7, 11) is 2.22. The lowest BCUT2D eigenvalue weighted by Crippen LogP contribution is -2.54. The molecule has 0 amide bonds. The van der Waals surface area contributed by atoms with Gasteiger partial charge in [0.1, 0.15) is 0 Å². The molecular formula is C15H31NO. The minimum atomic E-state index is -0.109. The fourth-order valence-electron chi connectivity index (χ4n) is 3.00. The third-order valence-corrected chi connectivity index (χ3v) is 4.88. The van der Waals surface area contributed by atoms with Crippen LogP contribution in [0.1, 0.15) is 60.8 Å². The zero-order chi connectivity index (χ0) is 13.4. The lowest BCUT2D eigenvalue weighted by Gasteiger charge is -2.50. The Balaban J connectivity index is 2.82. The molecule has 0 radical (unpaired) electrons. The van der Waals surface area contributed by atoms with Gasteiger partial charge in [-0.15, -0.1) is 0 Å². The van der Waals surface area contributed by atoms with Crippen LogP contribution in [-0.4, -0.2) is 35.2 Å². The van der Waals surface area contributed by atoms with E-state index in [2.05, 4.69) is 53.5 Å². The minimum absolute atomic E-state index is 0.109. The van der Waals surface area contributed by atoms with Crippen LogP contribution in [0.25, 0.3) is 0 Å². The van der Waals surface area contributed by atoms with Crippen LogP contribution < -0.4 is 0 Å². The molecule has 3 unspecified atom stereocenters. The van der Waals surface area contributed by atoms with Crippen LogP contribution in [0.2, 0.25) is 0 Å². The summed E-state index contributed by atoms with van der Waals surface area (Å²) in [5.41, 5.74) is 0.598. The maximum absolute atomic E-state index is 9.92. The zero-order valence-corrected chi connectivity index (χ0v) is 12.7. The maximum atomic E-state index is 9.92. The Hall–Kier alpha value is -0.0800. The van der Waals surface area contributed by atoms with E-state index in [4.69, 9.17) is 0 Å². The molecule has 1 rings (SSSR count). The van der Waals surface area contributed by atoms with Gasteiger partial charge in [-0.25, -0.2) is 0 Å². The van der Waals surface area contributed by atoms with Gasteiger partial charge >= 0.3 is 0 Å². The molecule has 102 valence electrons. The summed E-state index contributed by atoms with van der Waals surface area (Å²) in [5.74, 6) is 0. The van der Waals surface area contributed by atoms with E-state index in [1.165, 1.54) is 0 Å². The van der Waals surface area contributed by atoms with Crippen molar-refractivity contribution < 1.29 is 5.11 Å². The Morgan fingerprint density at radius 2 is 1.82 bits per heavy atom. The Kier molecular flexibility index (Phi) is 4.31.